The van der Waals surface area contributed by atoms with Gasteiger partial charge in [-0.25, -0.2) is 24.1 Å². The molecule has 0 aliphatic heterocycles. The Kier molecular flexibility index (Phi) is 7.08. The van der Waals surface area contributed by atoms with Crippen LogP contribution in [0.1, 0.15) is 22.0 Å². The summed E-state index contributed by atoms with van der Waals surface area (Å²) in [4.78, 5) is 33.1. The maximum Gasteiger partial charge on any atom is 0.416 e. The molecule has 1 amide bonds. The Hall–Kier alpha value is -3.75. The zero-order valence-corrected chi connectivity index (χ0v) is 20.3. The Morgan fingerprint density at radius 1 is 1.16 bits per heavy atom. The number of benzene rings is 1. The molecule has 0 bridgehead atoms. The van der Waals surface area contributed by atoms with E-state index in [-0.39, 0.29) is 33.9 Å². The Labute approximate surface area is 215 Å². The lowest BCUT2D eigenvalue weighted by Gasteiger charge is -2.15. The van der Waals surface area contributed by atoms with Crippen LogP contribution >= 0.6 is 23.2 Å². The van der Waals surface area contributed by atoms with E-state index in [1.54, 1.807) is 13.0 Å². The molecule has 3 heterocycles. The predicted octanol–water partition coefficient (Wildman–Crippen LogP) is 2.37. The molecule has 1 aromatic carbocycles. The van der Waals surface area contributed by atoms with E-state index in [9.17, 15) is 27.9 Å². The van der Waals surface area contributed by atoms with Crippen molar-refractivity contribution in [2.45, 2.75) is 32.3 Å². The van der Waals surface area contributed by atoms with Crippen molar-refractivity contribution < 1.29 is 23.1 Å². The minimum absolute atomic E-state index is 0.00607. The van der Waals surface area contributed by atoms with Gasteiger partial charge in [0.25, 0.3) is 5.91 Å². The highest BCUT2D eigenvalue weighted by molar-refractivity contribution is 6.31. The second-order valence-corrected chi connectivity index (χ2v) is 8.63. The summed E-state index contributed by atoms with van der Waals surface area (Å²) >= 11 is 12.1. The maximum absolute atomic E-state index is 13.1. The maximum atomic E-state index is 13.1. The summed E-state index contributed by atoms with van der Waals surface area (Å²) < 4.78 is 41.7. The van der Waals surface area contributed by atoms with Gasteiger partial charge in [-0.15, -0.1) is 10.2 Å². The number of alkyl halides is 3. The van der Waals surface area contributed by atoms with Crippen LogP contribution in [0, 0.1) is 6.92 Å². The molecule has 11 nitrogen and oxygen atoms in total. The van der Waals surface area contributed by atoms with E-state index in [4.69, 9.17) is 28.9 Å². The van der Waals surface area contributed by atoms with E-state index >= 15 is 0 Å². The van der Waals surface area contributed by atoms with Crippen molar-refractivity contribution in [2.24, 2.45) is 5.73 Å². The highest BCUT2D eigenvalue weighted by atomic mass is 35.5. The molecule has 0 aliphatic carbocycles. The van der Waals surface area contributed by atoms with E-state index in [0.29, 0.717) is 15.2 Å². The zero-order chi connectivity index (χ0) is 27.1. The highest BCUT2D eigenvalue weighted by Gasteiger charge is 2.39. The van der Waals surface area contributed by atoms with E-state index in [2.05, 4.69) is 20.2 Å². The van der Waals surface area contributed by atoms with Gasteiger partial charge in [0.2, 0.25) is 5.82 Å². The molecule has 0 saturated heterocycles. The van der Waals surface area contributed by atoms with Crippen molar-refractivity contribution in [2.75, 3.05) is 0 Å². The van der Waals surface area contributed by atoms with Crippen LogP contribution in [0.25, 0.3) is 17.1 Å². The van der Waals surface area contributed by atoms with Gasteiger partial charge in [0, 0.05) is 16.8 Å². The van der Waals surface area contributed by atoms with Crippen LogP contribution in [0.3, 0.4) is 0 Å². The summed E-state index contributed by atoms with van der Waals surface area (Å²) in [5, 5.41) is 18.3. The van der Waals surface area contributed by atoms with Crippen molar-refractivity contribution >= 4 is 29.1 Å². The standard InChI is InChI=1S/C21H17Cl2F3N8O3/c1-10-6-7-28-16(23)15(10)34-19(17(27)36)29-14(30-34)9-33-20(37)32(8-13(35)21(24,25)26)18(31-33)11-2-4-12(22)5-3-11/h2-7,13,35H,8-9H2,1H3,(H2,27,36). The van der Waals surface area contributed by atoms with Crippen LogP contribution in [0.5, 0.6) is 0 Å². The second-order valence-electron chi connectivity index (χ2n) is 7.83. The van der Waals surface area contributed by atoms with Crippen molar-refractivity contribution in [3.63, 3.8) is 0 Å². The number of aliphatic hydroxyl groups excluding tert-OH is 1. The fourth-order valence-electron chi connectivity index (χ4n) is 3.44. The van der Waals surface area contributed by atoms with Crippen LogP contribution < -0.4 is 11.4 Å². The predicted molar refractivity (Wildman–Crippen MR) is 126 cm³/mol. The number of hydrogen-bond acceptors (Lipinski definition) is 7. The molecular formula is C21H17Cl2F3N8O3. The monoisotopic (exact) mass is 556 g/mol. The quantitative estimate of drug-likeness (QED) is 0.332. The Bertz CT molecular complexity index is 1510. The second kappa shape index (κ2) is 9.95. The van der Waals surface area contributed by atoms with Crippen molar-refractivity contribution in [3.8, 4) is 17.1 Å². The highest BCUT2D eigenvalue weighted by Crippen LogP contribution is 2.25. The first-order chi connectivity index (χ1) is 17.4. The number of nitrogens with two attached hydrogens (primary N) is 1. The molecule has 3 aromatic heterocycles. The lowest BCUT2D eigenvalue weighted by molar-refractivity contribution is -0.207. The van der Waals surface area contributed by atoms with Gasteiger partial charge in [-0.2, -0.15) is 13.2 Å². The van der Waals surface area contributed by atoms with Gasteiger partial charge in [-0.05, 0) is 42.8 Å². The molecule has 16 heteroatoms. The number of nitrogens with zero attached hydrogens (tertiary/aromatic N) is 7. The number of carbonyl (C=O) groups excluding carboxylic acids is 1. The largest absolute Gasteiger partial charge is 0.416 e. The molecule has 1 atom stereocenters. The Balaban J connectivity index is 1.80. The third-order valence-electron chi connectivity index (χ3n) is 5.21. The average molecular weight is 557 g/mol. The summed E-state index contributed by atoms with van der Waals surface area (Å²) in [5.41, 5.74) is 5.54. The molecule has 1 unspecified atom stereocenters. The van der Waals surface area contributed by atoms with Gasteiger partial charge >= 0.3 is 11.9 Å². The van der Waals surface area contributed by atoms with E-state index in [1.165, 1.54) is 30.5 Å². The lowest BCUT2D eigenvalue weighted by Crippen LogP contribution is -2.37. The Morgan fingerprint density at radius 3 is 2.43 bits per heavy atom. The Morgan fingerprint density at radius 2 is 1.84 bits per heavy atom. The molecule has 4 rings (SSSR count). The van der Waals surface area contributed by atoms with Gasteiger partial charge in [0.1, 0.15) is 12.2 Å². The molecule has 0 spiro atoms. The molecule has 0 aliphatic rings. The van der Waals surface area contributed by atoms with Crippen molar-refractivity contribution in [1.82, 2.24) is 34.1 Å². The fraction of sp³-hybridized carbons (Fsp3) is 0.238. The summed E-state index contributed by atoms with van der Waals surface area (Å²) in [7, 11) is 0. The van der Waals surface area contributed by atoms with Gasteiger partial charge < -0.3 is 10.8 Å². The molecule has 0 radical (unpaired) electrons. The van der Waals surface area contributed by atoms with Gasteiger partial charge in [0.05, 0.1) is 6.54 Å². The van der Waals surface area contributed by atoms with Crippen LogP contribution in [0.15, 0.2) is 41.3 Å². The summed E-state index contributed by atoms with van der Waals surface area (Å²) in [5.74, 6) is -1.54. The summed E-state index contributed by atoms with van der Waals surface area (Å²) in [6.45, 7) is 0.128. The zero-order valence-electron chi connectivity index (χ0n) is 18.8. The van der Waals surface area contributed by atoms with Crippen molar-refractivity contribution in [3.05, 3.63) is 74.4 Å². The molecule has 194 valence electrons. The van der Waals surface area contributed by atoms with Gasteiger partial charge in [0.15, 0.2) is 22.9 Å². The number of pyridine rings is 1. The van der Waals surface area contributed by atoms with Crippen LogP contribution in [0.4, 0.5) is 13.2 Å². The van der Waals surface area contributed by atoms with E-state index in [1.807, 2.05) is 0 Å². The molecule has 3 N–H and O–H groups in total. The first-order valence-corrected chi connectivity index (χ1v) is 11.2. The molecule has 0 saturated carbocycles. The fourth-order valence-corrected chi connectivity index (χ4v) is 3.85. The number of carbonyl (C=O) groups is 1. The number of hydrogen-bond donors (Lipinski definition) is 2. The number of halogens is 5. The number of amides is 1. The normalized spacial score (nSPS) is 12.6. The smallest absolute Gasteiger partial charge is 0.382 e. The van der Waals surface area contributed by atoms with E-state index in [0.717, 1.165) is 9.36 Å². The molecule has 37 heavy (non-hydrogen) atoms. The van der Waals surface area contributed by atoms with Gasteiger partial charge in [-0.3, -0.25) is 9.36 Å². The van der Waals surface area contributed by atoms with Crippen molar-refractivity contribution in [1.29, 1.82) is 0 Å². The molecule has 4 aromatic rings. The number of aryl methyl sites for hydroxylation is 1. The minimum Gasteiger partial charge on any atom is -0.382 e. The average Bonchev–Trinajstić information content (AvgIpc) is 3.36. The molecule has 0 fully saturated rings. The number of rotatable bonds is 7. The SMILES string of the molecule is Cc1ccnc(Cl)c1-n1nc(Cn2nc(-c3ccc(Cl)cc3)n(CC(O)C(F)(F)F)c2=O)nc1C(N)=O. The topological polar surface area (TPSA) is 147 Å². The van der Waals surface area contributed by atoms with Crippen LogP contribution in [-0.2, 0) is 13.1 Å². The summed E-state index contributed by atoms with van der Waals surface area (Å²) in [6, 6.07) is 7.46. The number of primary amides is 1. The van der Waals surface area contributed by atoms with E-state index < -0.39 is 37.0 Å². The first-order valence-electron chi connectivity index (χ1n) is 10.4. The molecular weight excluding hydrogens is 540 g/mol. The number of aliphatic hydroxyl groups is 1. The van der Waals surface area contributed by atoms with Crippen LogP contribution in [-0.4, -0.2) is 57.4 Å². The van der Waals surface area contributed by atoms with Crippen LogP contribution in [0.2, 0.25) is 10.2 Å². The number of aromatic nitrogens is 7. The minimum atomic E-state index is -4.98. The summed E-state index contributed by atoms with van der Waals surface area (Å²) in [6.07, 6.45) is -6.36. The third kappa shape index (κ3) is 5.35. The van der Waals surface area contributed by atoms with Gasteiger partial charge in [-0.1, -0.05) is 23.2 Å². The third-order valence-corrected chi connectivity index (χ3v) is 5.74. The lowest BCUT2D eigenvalue weighted by atomic mass is 10.2. The first kappa shape index (κ1) is 26.3.